The van der Waals surface area contributed by atoms with Crippen molar-refractivity contribution in [2.24, 2.45) is 5.92 Å². The molecule has 0 saturated carbocycles. The minimum Gasteiger partial charge on any atom is -0.497 e. The number of aryl methyl sites for hydroxylation is 1. The lowest BCUT2D eigenvalue weighted by molar-refractivity contribution is -0.139. The molecule has 0 aliphatic rings. The van der Waals surface area contributed by atoms with E-state index in [0.717, 1.165) is 15.4 Å². The topological polar surface area (TPSA) is 96.0 Å². The van der Waals surface area contributed by atoms with Crippen LogP contribution in [0.4, 0.5) is 5.69 Å². The number of methoxy groups -OCH3 is 1. The maximum absolute atomic E-state index is 13.9. The van der Waals surface area contributed by atoms with Crippen LogP contribution >= 0.6 is 11.6 Å². The molecule has 0 radical (unpaired) electrons. The molecule has 0 saturated heterocycles. The number of carbonyl (C=O) groups excluding carboxylic acids is 2. The molecule has 3 aromatic rings. The Morgan fingerprint density at radius 1 is 0.925 bits per heavy atom. The molecule has 0 heterocycles. The second kappa shape index (κ2) is 13.7. The van der Waals surface area contributed by atoms with Gasteiger partial charge in [-0.1, -0.05) is 55.3 Å². The van der Waals surface area contributed by atoms with E-state index >= 15 is 0 Å². The number of rotatable bonds is 12. The van der Waals surface area contributed by atoms with Crippen LogP contribution in [0.25, 0.3) is 0 Å². The van der Waals surface area contributed by atoms with Gasteiger partial charge in [-0.3, -0.25) is 13.9 Å². The molecule has 0 bridgehead atoms. The second-order valence-corrected chi connectivity index (χ2v) is 12.3. The summed E-state index contributed by atoms with van der Waals surface area (Å²) >= 11 is 6.06. The van der Waals surface area contributed by atoms with Gasteiger partial charge in [0, 0.05) is 18.1 Å². The van der Waals surface area contributed by atoms with Crippen molar-refractivity contribution in [2.75, 3.05) is 24.5 Å². The highest BCUT2D eigenvalue weighted by Gasteiger charge is 2.32. The zero-order valence-corrected chi connectivity index (χ0v) is 25.0. The summed E-state index contributed by atoms with van der Waals surface area (Å²) in [5, 5.41) is 3.30. The molecule has 1 atom stereocenters. The van der Waals surface area contributed by atoms with Crippen molar-refractivity contribution >= 4 is 39.1 Å². The number of sulfonamides is 1. The summed E-state index contributed by atoms with van der Waals surface area (Å²) in [7, 11) is -2.57. The van der Waals surface area contributed by atoms with Gasteiger partial charge in [0.15, 0.2) is 0 Å². The number of benzene rings is 3. The van der Waals surface area contributed by atoms with Gasteiger partial charge in [0.2, 0.25) is 11.8 Å². The Kier molecular flexibility index (Phi) is 10.6. The number of amides is 2. The highest BCUT2D eigenvalue weighted by molar-refractivity contribution is 7.92. The summed E-state index contributed by atoms with van der Waals surface area (Å²) in [4.78, 5) is 28.4. The predicted molar refractivity (Wildman–Crippen MR) is 158 cm³/mol. The number of anilines is 1. The number of ether oxygens (including phenoxy) is 1. The molecule has 0 aliphatic heterocycles. The van der Waals surface area contributed by atoms with Crippen LogP contribution in [0.1, 0.15) is 31.9 Å². The lowest BCUT2D eigenvalue weighted by atomic mass is 10.1. The largest absolute Gasteiger partial charge is 0.497 e. The van der Waals surface area contributed by atoms with Gasteiger partial charge < -0.3 is 15.0 Å². The molecule has 0 spiro atoms. The summed E-state index contributed by atoms with van der Waals surface area (Å²) in [6.07, 6.45) is 0. The normalized spacial score (nSPS) is 12.1. The fourth-order valence-electron chi connectivity index (χ4n) is 3.94. The molecular weight excluding hydrogens is 550 g/mol. The van der Waals surface area contributed by atoms with Gasteiger partial charge in [-0.15, -0.1) is 0 Å². The Balaban J connectivity index is 2.00. The van der Waals surface area contributed by atoms with E-state index in [-0.39, 0.29) is 29.0 Å². The van der Waals surface area contributed by atoms with Crippen LogP contribution < -0.4 is 14.4 Å². The predicted octanol–water partition coefficient (Wildman–Crippen LogP) is 5.04. The van der Waals surface area contributed by atoms with Crippen LogP contribution in [0.3, 0.4) is 0 Å². The van der Waals surface area contributed by atoms with Gasteiger partial charge >= 0.3 is 0 Å². The molecule has 2 amide bonds. The lowest BCUT2D eigenvalue weighted by Crippen LogP contribution is -2.51. The Hall–Kier alpha value is -3.56. The van der Waals surface area contributed by atoms with Gasteiger partial charge in [0.25, 0.3) is 10.0 Å². The van der Waals surface area contributed by atoms with Gasteiger partial charge in [0.1, 0.15) is 18.3 Å². The van der Waals surface area contributed by atoms with E-state index in [1.165, 1.54) is 17.0 Å². The first-order valence-electron chi connectivity index (χ1n) is 13.0. The number of nitrogens with one attached hydrogen (secondary N) is 1. The molecule has 0 fully saturated rings. The Labute approximate surface area is 241 Å². The third kappa shape index (κ3) is 7.99. The molecule has 10 heteroatoms. The van der Waals surface area contributed by atoms with Gasteiger partial charge in [-0.25, -0.2) is 8.42 Å². The Morgan fingerprint density at radius 2 is 1.52 bits per heavy atom. The quantitative estimate of drug-likeness (QED) is 0.321. The van der Waals surface area contributed by atoms with Crippen molar-refractivity contribution in [3.63, 3.8) is 0 Å². The van der Waals surface area contributed by atoms with E-state index in [1.54, 1.807) is 74.7 Å². The average Bonchev–Trinajstić information content (AvgIpc) is 2.93. The van der Waals surface area contributed by atoms with E-state index in [1.807, 2.05) is 20.8 Å². The molecule has 0 aliphatic carbocycles. The summed E-state index contributed by atoms with van der Waals surface area (Å²) in [6.45, 7) is 7.48. The van der Waals surface area contributed by atoms with Crippen LogP contribution in [-0.4, -0.2) is 51.4 Å². The van der Waals surface area contributed by atoms with Crippen LogP contribution in [0.2, 0.25) is 5.02 Å². The van der Waals surface area contributed by atoms with E-state index in [2.05, 4.69) is 5.32 Å². The summed E-state index contributed by atoms with van der Waals surface area (Å²) in [5.74, 6) is 0.0213. The highest BCUT2D eigenvalue weighted by atomic mass is 35.5. The molecule has 3 rings (SSSR count). The van der Waals surface area contributed by atoms with E-state index in [4.69, 9.17) is 16.3 Å². The first-order valence-corrected chi connectivity index (χ1v) is 14.8. The second-order valence-electron chi connectivity index (χ2n) is 9.99. The zero-order chi connectivity index (χ0) is 29.4. The smallest absolute Gasteiger partial charge is 0.264 e. The van der Waals surface area contributed by atoms with Crippen LogP contribution in [0.15, 0.2) is 77.7 Å². The number of nitrogens with zero attached hydrogens (tertiary/aromatic N) is 2. The average molecular weight is 586 g/mol. The third-order valence-corrected chi connectivity index (χ3v) is 8.41. The Bertz CT molecular complexity index is 1390. The molecular formula is C30H36ClN3O5S. The van der Waals surface area contributed by atoms with Crippen molar-refractivity contribution in [3.8, 4) is 5.75 Å². The minimum atomic E-state index is -4.14. The summed E-state index contributed by atoms with van der Waals surface area (Å²) < 4.78 is 33.9. The van der Waals surface area contributed by atoms with Crippen LogP contribution in [0, 0.1) is 12.8 Å². The summed E-state index contributed by atoms with van der Waals surface area (Å²) in [6, 6.07) is 18.9. The number of hydrogen-bond acceptors (Lipinski definition) is 5. The number of carbonyl (C=O) groups is 2. The van der Waals surface area contributed by atoms with Crippen molar-refractivity contribution in [3.05, 3.63) is 88.9 Å². The maximum atomic E-state index is 13.9. The van der Waals surface area contributed by atoms with Crippen molar-refractivity contribution in [2.45, 2.75) is 45.2 Å². The van der Waals surface area contributed by atoms with Crippen LogP contribution in [0.5, 0.6) is 5.75 Å². The third-order valence-electron chi connectivity index (χ3n) is 6.37. The zero-order valence-electron chi connectivity index (χ0n) is 23.4. The van der Waals surface area contributed by atoms with Crippen molar-refractivity contribution in [1.82, 2.24) is 10.2 Å². The van der Waals surface area contributed by atoms with E-state index in [0.29, 0.717) is 17.3 Å². The maximum Gasteiger partial charge on any atom is 0.264 e. The molecule has 0 unspecified atom stereocenters. The first-order chi connectivity index (χ1) is 18.9. The number of hydrogen-bond donors (Lipinski definition) is 1. The van der Waals surface area contributed by atoms with E-state index in [9.17, 15) is 18.0 Å². The molecule has 3 aromatic carbocycles. The molecule has 0 aromatic heterocycles. The van der Waals surface area contributed by atoms with Crippen molar-refractivity contribution < 1.29 is 22.7 Å². The van der Waals surface area contributed by atoms with E-state index < -0.39 is 28.5 Å². The van der Waals surface area contributed by atoms with Crippen molar-refractivity contribution in [1.29, 1.82) is 0 Å². The SMILES string of the molecule is COc1ccc(CN(C(=O)CN(c2ccc(Cl)cc2)S(=O)(=O)c2ccc(C)cc2)[C@@H](C)C(=O)NCC(C)C)cc1. The fourth-order valence-corrected chi connectivity index (χ4v) is 5.48. The fraction of sp³-hybridized carbons (Fsp3) is 0.333. The van der Waals surface area contributed by atoms with Gasteiger partial charge in [-0.2, -0.15) is 0 Å². The monoisotopic (exact) mass is 585 g/mol. The molecule has 214 valence electrons. The molecule has 40 heavy (non-hydrogen) atoms. The van der Waals surface area contributed by atoms with Crippen LogP contribution in [-0.2, 0) is 26.2 Å². The molecule has 1 N–H and O–H groups in total. The number of halogens is 1. The highest BCUT2D eigenvalue weighted by Crippen LogP contribution is 2.26. The first kappa shape index (κ1) is 31.0. The molecule has 8 nitrogen and oxygen atoms in total. The summed E-state index contributed by atoms with van der Waals surface area (Å²) in [5.41, 5.74) is 1.94. The lowest BCUT2D eigenvalue weighted by Gasteiger charge is -2.32. The minimum absolute atomic E-state index is 0.0466. The standard InChI is InChI=1S/C30H36ClN3O5S/c1-21(2)18-32-30(36)23(4)33(19-24-8-14-27(39-5)15-9-24)29(35)20-34(26-12-10-25(31)11-13-26)40(37,38)28-16-6-22(3)7-17-28/h6-17,21,23H,18-20H2,1-5H3,(H,32,36)/t23-/m0/s1. The van der Waals surface area contributed by atoms with Gasteiger partial charge in [-0.05, 0) is 73.9 Å². The Morgan fingerprint density at radius 3 is 2.08 bits per heavy atom. The van der Waals surface area contributed by atoms with Gasteiger partial charge in [0.05, 0.1) is 17.7 Å².